The standard InChI is InChI=1S/C19H16Cl2F3N3O2/c1-11-6-7-12(8-14(11)21)25-17(28)10-29-18-9-16(19(22,23)24)26-27(18)15-5-3-2-4-13(15)20/h2-3,5-9,13H,4,10H2,1H3,(H,25,28). The third-order valence-electron chi connectivity index (χ3n) is 4.09. The number of amides is 1. The molecule has 3 rings (SSSR count). The highest BCUT2D eigenvalue weighted by Crippen LogP contribution is 2.34. The predicted molar refractivity (Wildman–Crippen MR) is 105 cm³/mol. The molecule has 1 aromatic carbocycles. The molecule has 0 aliphatic heterocycles. The van der Waals surface area contributed by atoms with Crippen molar-refractivity contribution in [2.75, 3.05) is 11.9 Å². The molecule has 1 N–H and O–H groups in total. The zero-order chi connectivity index (χ0) is 21.2. The van der Waals surface area contributed by atoms with E-state index in [1.54, 1.807) is 36.4 Å². The SMILES string of the molecule is Cc1ccc(NC(=O)COc2cc(C(F)(F)F)nn2C2=CC=CCC2Cl)cc1Cl. The number of allylic oxidation sites excluding steroid dienone is 4. The van der Waals surface area contributed by atoms with Crippen LogP contribution >= 0.6 is 23.2 Å². The van der Waals surface area contributed by atoms with Crippen molar-refractivity contribution in [2.45, 2.75) is 24.9 Å². The second kappa shape index (κ2) is 8.51. The maximum absolute atomic E-state index is 13.1. The fraction of sp³-hybridized carbons (Fsp3) is 0.263. The number of ether oxygens (including phenoxy) is 1. The van der Waals surface area contributed by atoms with Gasteiger partial charge in [0, 0.05) is 16.8 Å². The minimum absolute atomic E-state index is 0.235. The number of benzene rings is 1. The van der Waals surface area contributed by atoms with Crippen molar-refractivity contribution in [1.29, 1.82) is 0 Å². The Bertz CT molecular complexity index is 984. The zero-order valence-corrected chi connectivity index (χ0v) is 16.6. The second-order valence-electron chi connectivity index (χ2n) is 6.30. The number of aromatic nitrogens is 2. The molecule has 29 heavy (non-hydrogen) atoms. The Morgan fingerprint density at radius 2 is 2.14 bits per heavy atom. The summed E-state index contributed by atoms with van der Waals surface area (Å²) in [5.41, 5.74) is 0.470. The summed E-state index contributed by atoms with van der Waals surface area (Å²) in [7, 11) is 0. The van der Waals surface area contributed by atoms with Crippen molar-refractivity contribution < 1.29 is 22.7 Å². The highest BCUT2D eigenvalue weighted by molar-refractivity contribution is 6.31. The van der Waals surface area contributed by atoms with Crippen molar-refractivity contribution in [1.82, 2.24) is 9.78 Å². The number of aryl methyl sites for hydroxylation is 1. The van der Waals surface area contributed by atoms with Gasteiger partial charge in [0.1, 0.15) is 0 Å². The van der Waals surface area contributed by atoms with Gasteiger partial charge in [-0.2, -0.15) is 18.3 Å². The third kappa shape index (κ3) is 5.13. The first-order chi connectivity index (χ1) is 13.6. The number of carbonyl (C=O) groups is 1. The van der Waals surface area contributed by atoms with E-state index in [4.69, 9.17) is 27.9 Å². The van der Waals surface area contributed by atoms with Crippen LogP contribution < -0.4 is 10.1 Å². The second-order valence-corrected chi connectivity index (χ2v) is 7.24. The molecular weight excluding hydrogens is 430 g/mol. The molecule has 5 nitrogen and oxygen atoms in total. The lowest BCUT2D eigenvalue weighted by Crippen LogP contribution is -2.22. The van der Waals surface area contributed by atoms with E-state index in [1.807, 2.05) is 6.92 Å². The minimum atomic E-state index is -4.67. The normalized spacial score (nSPS) is 16.5. The molecule has 10 heteroatoms. The lowest BCUT2D eigenvalue weighted by atomic mass is 10.1. The molecule has 0 fully saturated rings. The van der Waals surface area contributed by atoms with Crippen molar-refractivity contribution in [3.8, 4) is 5.88 Å². The van der Waals surface area contributed by atoms with Crippen LogP contribution in [0.1, 0.15) is 17.7 Å². The molecule has 1 aliphatic rings. The van der Waals surface area contributed by atoms with Crippen LogP contribution in [0.3, 0.4) is 0 Å². The first-order valence-corrected chi connectivity index (χ1v) is 9.34. The highest BCUT2D eigenvalue weighted by atomic mass is 35.5. The molecule has 1 heterocycles. The number of hydrogen-bond acceptors (Lipinski definition) is 3. The van der Waals surface area contributed by atoms with Gasteiger partial charge in [0.2, 0.25) is 5.88 Å². The topological polar surface area (TPSA) is 56.1 Å². The average Bonchev–Trinajstić information content (AvgIpc) is 3.08. The Kier molecular flexibility index (Phi) is 6.24. The van der Waals surface area contributed by atoms with Gasteiger partial charge in [0.15, 0.2) is 12.3 Å². The van der Waals surface area contributed by atoms with E-state index in [1.165, 1.54) is 0 Å². The summed E-state index contributed by atoms with van der Waals surface area (Å²) in [6.45, 7) is 1.29. The number of rotatable bonds is 5. The van der Waals surface area contributed by atoms with Crippen LogP contribution in [0.15, 0.2) is 42.5 Å². The first kappa shape index (κ1) is 21.3. The molecule has 1 aromatic heterocycles. The summed E-state index contributed by atoms with van der Waals surface area (Å²) in [6, 6.07) is 5.69. The first-order valence-electron chi connectivity index (χ1n) is 8.52. The summed E-state index contributed by atoms with van der Waals surface area (Å²) in [5, 5.41) is 6.04. The number of halogens is 5. The van der Waals surface area contributed by atoms with E-state index < -0.39 is 29.8 Å². The van der Waals surface area contributed by atoms with Gasteiger partial charge in [-0.3, -0.25) is 4.79 Å². The number of alkyl halides is 4. The Morgan fingerprint density at radius 1 is 1.38 bits per heavy atom. The van der Waals surface area contributed by atoms with Crippen LogP contribution in [0.4, 0.5) is 18.9 Å². The van der Waals surface area contributed by atoms with Gasteiger partial charge < -0.3 is 10.1 Å². The van der Waals surface area contributed by atoms with Crippen LogP contribution in [0.5, 0.6) is 5.88 Å². The Labute approximate surface area is 174 Å². The minimum Gasteiger partial charge on any atom is -0.467 e. The predicted octanol–water partition coefficient (Wildman–Crippen LogP) is 5.29. The lowest BCUT2D eigenvalue weighted by molar-refractivity contribution is -0.141. The summed E-state index contributed by atoms with van der Waals surface area (Å²) in [4.78, 5) is 12.2. The van der Waals surface area contributed by atoms with Crippen LogP contribution in [-0.4, -0.2) is 27.7 Å². The van der Waals surface area contributed by atoms with Gasteiger partial charge in [-0.15, -0.1) is 11.6 Å². The lowest BCUT2D eigenvalue weighted by Gasteiger charge is -2.17. The summed E-state index contributed by atoms with van der Waals surface area (Å²) >= 11 is 12.2. The maximum atomic E-state index is 13.1. The van der Waals surface area contributed by atoms with E-state index in [0.29, 0.717) is 22.8 Å². The van der Waals surface area contributed by atoms with Crippen LogP contribution in [0.2, 0.25) is 5.02 Å². The van der Waals surface area contributed by atoms with Crippen molar-refractivity contribution in [3.63, 3.8) is 0 Å². The molecule has 0 spiro atoms. The number of nitrogens with one attached hydrogen (secondary N) is 1. The monoisotopic (exact) mass is 445 g/mol. The number of carbonyl (C=O) groups excluding carboxylic acids is 1. The molecule has 0 saturated carbocycles. The van der Waals surface area contributed by atoms with E-state index in [9.17, 15) is 18.0 Å². The van der Waals surface area contributed by atoms with Crippen LogP contribution in [0, 0.1) is 6.92 Å². The van der Waals surface area contributed by atoms with Crippen LogP contribution in [-0.2, 0) is 11.0 Å². The van der Waals surface area contributed by atoms with E-state index in [2.05, 4.69) is 10.4 Å². The fourth-order valence-electron chi connectivity index (χ4n) is 2.59. The largest absolute Gasteiger partial charge is 0.467 e. The Balaban J connectivity index is 1.78. The Morgan fingerprint density at radius 3 is 2.79 bits per heavy atom. The van der Waals surface area contributed by atoms with Crippen molar-refractivity contribution in [3.05, 3.63) is 58.8 Å². The molecule has 2 aromatic rings. The van der Waals surface area contributed by atoms with E-state index in [-0.39, 0.29) is 5.88 Å². The number of nitrogens with zero attached hydrogens (tertiary/aromatic N) is 2. The van der Waals surface area contributed by atoms with Crippen LogP contribution in [0.25, 0.3) is 5.70 Å². The quantitative estimate of drug-likeness (QED) is 0.636. The summed E-state index contributed by atoms with van der Waals surface area (Å²) in [5.74, 6) is -0.798. The smallest absolute Gasteiger partial charge is 0.435 e. The fourth-order valence-corrected chi connectivity index (χ4v) is 3.04. The van der Waals surface area contributed by atoms with Crippen molar-refractivity contribution >= 4 is 40.5 Å². The molecule has 1 aliphatic carbocycles. The molecular formula is C19H16Cl2F3N3O2. The van der Waals surface area contributed by atoms with Gasteiger partial charge >= 0.3 is 6.18 Å². The summed E-state index contributed by atoms with van der Waals surface area (Å²) < 4.78 is 45.6. The van der Waals surface area contributed by atoms with E-state index in [0.717, 1.165) is 16.3 Å². The molecule has 1 unspecified atom stereocenters. The third-order valence-corrected chi connectivity index (χ3v) is 4.89. The molecule has 0 radical (unpaired) electrons. The number of hydrogen-bond donors (Lipinski definition) is 1. The zero-order valence-electron chi connectivity index (χ0n) is 15.1. The van der Waals surface area contributed by atoms with E-state index >= 15 is 0 Å². The van der Waals surface area contributed by atoms with Crippen molar-refractivity contribution in [2.24, 2.45) is 0 Å². The van der Waals surface area contributed by atoms with Gasteiger partial charge in [0.25, 0.3) is 5.91 Å². The molecule has 0 bridgehead atoms. The van der Waals surface area contributed by atoms with Gasteiger partial charge in [-0.05, 0) is 37.1 Å². The number of anilines is 1. The molecule has 1 atom stereocenters. The maximum Gasteiger partial charge on any atom is 0.435 e. The highest BCUT2D eigenvalue weighted by Gasteiger charge is 2.36. The average molecular weight is 446 g/mol. The molecule has 154 valence electrons. The molecule has 1 amide bonds. The van der Waals surface area contributed by atoms with Gasteiger partial charge in [-0.1, -0.05) is 29.8 Å². The van der Waals surface area contributed by atoms with Gasteiger partial charge in [-0.25, -0.2) is 4.68 Å². The molecule has 0 saturated heterocycles. The Hall–Kier alpha value is -2.45. The van der Waals surface area contributed by atoms with Gasteiger partial charge in [0.05, 0.1) is 11.1 Å². The summed E-state index contributed by atoms with van der Waals surface area (Å²) in [6.07, 6.45) is 0.770.